The molecule has 0 saturated carbocycles. The molecule has 0 bridgehead atoms. The number of rotatable bonds is 6. The van der Waals surface area contributed by atoms with Crippen molar-refractivity contribution in [1.29, 1.82) is 0 Å². The molecule has 2 heterocycles. The summed E-state index contributed by atoms with van der Waals surface area (Å²) in [4.78, 5) is 30.0. The Morgan fingerprint density at radius 3 is 2.79 bits per heavy atom. The normalized spacial score (nSPS) is 15.9. The Hall–Kier alpha value is -2.29. The molecule has 0 radical (unpaired) electrons. The summed E-state index contributed by atoms with van der Waals surface area (Å²) in [5.41, 5.74) is -0.139. The number of aromatic nitrogens is 1. The predicted molar refractivity (Wildman–Crippen MR) is 80.1 cm³/mol. The van der Waals surface area contributed by atoms with E-state index >= 15 is 0 Å². The molecule has 24 heavy (non-hydrogen) atoms. The first-order valence-electron chi connectivity index (χ1n) is 7.52. The van der Waals surface area contributed by atoms with Crippen molar-refractivity contribution in [2.45, 2.75) is 19.4 Å². The van der Waals surface area contributed by atoms with Crippen LogP contribution in [0.3, 0.4) is 0 Å². The smallest absolute Gasteiger partial charge is 0.274 e. The third-order valence-electron chi connectivity index (χ3n) is 3.39. The summed E-state index contributed by atoms with van der Waals surface area (Å²) in [7, 11) is 0. The van der Waals surface area contributed by atoms with Crippen LogP contribution in [0.25, 0.3) is 0 Å². The van der Waals surface area contributed by atoms with Crippen molar-refractivity contribution in [3.8, 4) is 5.75 Å². The maximum atomic E-state index is 12.3. The fraction of sp³-hybridized carbons (Fsp3) is 0.533. The molecule has 0 aromatic carbocycles. The number of morpholine rings is 1. The van der Waals surface area contributed by atoms with E-state index in [-0.39, 0.29) is 17.4 Å². The monoisotopic (exact) mass is 343 g/mol. The van der Waals surface area contributed by atoms with Gasteiger partial charge >= 0.3 is 0 Å². The SMILES string of the molecule is C[C@H](NC(=O)c1ncccc1OCC(F)F)C(=O)N1CCOCC1. The maximum absolute atomic E-state index is 12.3. The van der Waals surface area contributed by atoms with Crippen LogP contribution in [0.4, 0.5) is 8.78 Å². The highest BCUT2D eigenvalue weighted by molar-refractivity contribution is 5.97. The molecule has 2 amide bonds. The summed E-state index contributed by atoms with van der Waals surface area (Å²) in [6.45, 7) is 2.56. The second kappa shape index (κ2) is 8.53. The Morgan fingerprint density at radius 1 is 1.42 bits per heavy atom. The average Bonchev–Trinajstić information content (AvgIpc) is 2.60. The number of pyridine rings is 1. The van der Waals surface area contributed by atoms with E-state index in [1.165, 1.54) is 18.3 Å². The molecule has 7 nitrogen and oxygen atoms in total. The van der Waals surface area contributed by atoms with Crippen molar-refractivity contribution in [2.75, 3.05) is 32.9 Å². The van der Waals surface area contributed by atoms with E-state index in [2.05, 4.69) is 10.3 Å². The van der Waals surface area contributed by atoms with Crippen molar-refractivity contribution >= 4 is 11.8 Å². The van der Waals surface area contributed by atoms with Gasteiger partial charge in [0, 0.05) is 19.3 Å². The van der Waals surface area contributed by atoms with Crippen molar-refractivity contribution in [1.82, 2.24) is 15.2 Å². The van der Waals surface area contributed by atoms with E-state index in [1.54, 1.807) is 11.8 Å². The summed E-state index contributed by atoms with van der Waals surface area (Å²) in [6.07, 6.45) is -1.32. The summed E-state index contributed by atoms with van der Waals surface area (Å²) in [6, 6.07) is 2.07. The number of carbonyl (C=O) groups excluding carboxylic acids is 2. The molecule has 1 atom stereocenters. The van der Waals surface area contributed by atoms with Crippen LogP contribution in [-0.4, -0.2) is 67.1 Å². The highest BCUT2D eigenvalue weighted by Gasteiger charge is 2.25. The number of amides is 2. The molecule has 1 saturated heterocycles. The zero-order valence-electron chi connectivity index (χ0n) is 13.2. The Bertz CT molecular complexity index is 580. The lowest BCUT2D eigenvalue weighted by molar-refractivity contribution is -0.136. The van der Waals surface area contributed by atoms with E-state index in [4.69, 9.17) is 9.47 Å². The van der Waals surface area contributed by atoms with Gasteiger partial charge in [-0.2, -0.15) is 0 Å². The van der Waals surface area contributed by atoms with Crippen LogP contribution < -0.4 is 10.1 Å². The highest BCUT2D eigenvalue weighted by atomic mass is 19.3. The molecule has 1 aliphatic heterocycles. The van der Waals surface area contributed by atoms with Crippen LogP contribution in [0.2, 0.25) is 0 Å². The molecule has 2 rings (SSSR count). The van der Waals surface area contributed by atoms with Gasteiger partial charge in [0.2, 0.25) is 5.91 Å². The van der Waals surface area contributed by atoms with Crippen LogP contribution >= 0.6 is 0 Å². The molecule has 1 aromatic heterocycles. The van der Waals surface area contributed by atoms with E-state index in [1.807, 2.05) is 0 Å². The zero-order chi connectivity index (χ0) is 17.5. The van der Waals surface area contributed by atoms with Crippen molar-refractivity contribution < 1.29 is 27.8 Å². The van der Waals surface area contributed by atoms with Gasteiger partial charge in [-0.15, -0.1) is 0 Å². The van der Waals surface area contributed by atoms with E-state index in [0.29, 0.717) is 26.3 Å². The second-order valence-corrected chi connectivity index (χ2v) is 5.19. The van der Waals surface area contributed by atoms with Crippen LogP contribution in [0.1, 0.15) is 17.4 Å². The number of nitrogens with zero attached hydrogens (tertiary/aromatic N) is 2. The number of hydrogen-bond acceptors (Lipinski definition) is 5. The van der Waals surface area contributed by atoms with Crippen molar-refractivity contribution in [3.05, 3.63) is 24.0 Å². The summed E-state index contributed by atoms with van der Waals surface area (Å²) in [5.74, 6) is -0.951. The summed E-state index contributed by atoms with van der Waals surface area (Å²) in [5, 5.41) is 2.52. The third-order valence-corrected chi connectivity index (χ3v) is 3.39. The van der Waals surface area contributed by atoms with Gasteiger partial charge in [0.05, 0.1) is 13.2 Å². The first kappa shape index (κ1) is 18.1. The molecular weight excluding hydrogens is 324 g/mol. The number of hydrogen-bond donors (Lipinski definition) is 1. The minimum absolute atomic E-state index is 0.0543. The number of alkyl halides is 2. The van der Waals surface area contributed by atoms with E-state index in [0.717, 1.165) is 0 Å². The Morgan fingerprint density at radius 2 is 2.12 bits per heavy atom. The summed E-state index contributed by atoms with van der Waals surface area (Å²) >= 11 is 0. The molecule has 0 aliphatic carbocycles. The molecular formula is C15H19F2N3O4. The van der Waals surface area contributed by atoms with Gasteiger partial charge in [-0.3, -0.25) is 9.59 Å². The first-order valence-corrected chi connectivity index (χ1v) is 7.52. The number of halogens is 2. The van der Waals surface area contributed by atoms with Gasteiger partial charge in [-0.05, 0) is 19.1 Å². The molecule has 1 N–H and O–H groups in total. The maximum Gasteiger partial charge on any atom is 0.274 e. The molecule has 0 unspecified atom stereocenters. The van der Waals surface area contributed by atoms with Crippen LogP contribution in [-0.2, 0) is 9.53 Å². The van der Waals surface area contributed by atoms with Crippen molar-refractivity contribution in [3.63, 3.8) is 0 Å². The molecule has 9 heteroatoms. The standard InChI is InChI=1S/C15H19F2N3O4/c1-10(15(22)20-5-7-23-8-6-20)19-14(21)13-11(3-2-4-18-13)24-9-12(16)17/h2-4,10,12H,5-9H2,1H3,(H,19,21)/t10-/m0/s1. The minimum Gasteiger partial charge on any atom is -0.485 e. The molecule has 132 valence electrons. The van der Waals surface area contributed by atoms with Gasteiger partial charge in [0.1, 0.15) is 12.6 Å². The second-order valence-electron chi connectivity index (χ2n) is 5.19. The van der Waals surface area contributed by atoms with E-state index < -0.39 is 25.0 Å². The lowest BCUT2D eigenvalue weighted by atomic mass is 10.2. The number of ether oxygens (including phenoxy) is 2. The number of nitrogens with one attached hydrogen (secondary N) is 1. The topological polar surface area (TPSA) is 80.8 Å². The van der Waals surface area contributed by atoms with Gasteiger partial charge in [0.15, 0.2) is 11.4 Å². The Kier molecular flexibility index (Phi) is 6.42. The van der Waals surface area contributed by atoms with E-state index in [9.17, 15) is 18.4 Å². The van der Waals surface area contributed by atoms with Gasteiger partial charge in [0.25, 0.3) is 12.3 Å². The Labute approximate surface area is 137 Å². The van der Waals surface area contributed by atoms with Gasteiger partial charge in [-0.25, -0.2) is 13.8 Å². The molecule has 0 spiro atoms. The van der Waals surface area contributed by atoms with Crippen LogP contribution in [0.5, 0.6) is 5.75 Å². The fourth-order valence-corrected chi connectivity index (χ4v) is 2.21. The van der Waals surface area contributed by atoms with Crippen LogP contribution in [0, 0.1) is 0 Å². The number of carbonyl (C=O) groups is 2. The fourth-order valence-electron chi connectivity index (χ4n) is 2.21. The lowest BCUT2D eigenvalue weighted by Crippen LogP contribution is -2.50. The quantitative estimate of drug-likeness (QED) is 0.822. The van der Waals surface area contributed by atoms with Crippen LogP contribution in [0.15, 0.2) is 18.3 Å². The first-order chi connectivity index (χ1) is 11.5. The minimum atomic E-state index is -2.66. The van der Waals surface area contributed by atoms with Gasteiger partial charge < -0.3 is 19.7 Å². The molecule has 1 aliphatic rings. The largest absolute Gasteiger partial charge is 0.485 e. The molecule has 1 aromatic rings. The average molecular weight is 343 g/mol. The summed E-state index contributed by atoms with van der Waals surface area (Å²) < 4.78 is 34.6. The zero-order valence-corrected chi connectivity index (χ0v) is 13.2. The molecule has 1 fully saturated rings. The third kappa shape index (κ3) is 4.85. The van der Waals surface area contributed by atoms with Crippen molar-refractivity contribution in [2.24, 2.45) is 0 Å². The van der Waals surface area contributed by atoms with Gasteiger partial charge in [-0.1, -0.05) is 0 Å². The predicted octanol–water partition coefficient (Wildman–Crippen LogP) is 0.703. The highest BCUT2D eigenvalue weighted by Crippen LogP contribution is 2.16. The Balaban J connectivity index is 1.99. The lowest BCUT2D eigenvalue weighted by Gasteiger charge is -2.29.